The summed E-state index contributed by atoms with van der Waals surface area (Å²) in [5.41, 5.74) is 0.873. The van der Waals surface area contributed by atoms with Crippen LogP contribution in [0.4, 0.5) is 5.00 Å². The predicted molar refractivity (Wildman–Crippen MR) is 98.7 cm³/mol. The minimum absolute atomic E-state index is 0.273. The molecule has 0 aliphatic heterocycles. The van der Waals surface area contributed by atoms with Gasteiger partial charge in [-0.2, -0.15) is 0 Å². The van der Waals surface area contributed by atoms with Crippen LogP contribution < -0.4 is 10.1 Å². The highest BCUT2D eigenvalue weighted by Gasteiger charge is 2.21. The summed E-state index contributed by atoms with van der Waals surface area (Å²) in [6.07, 6.45) is 0. The van der Waals surface area contributed by atoms with E-state index in [4.69, 9.17) is 9.47 Å². The van der Waals surface area contributed by atoms with E-state index >= 15 is 0 Å². The quantitative estimate of drug-likeness (QED) is 0.692. The van der Waals surface area contributed by atoms with E-state index in [2.05, 4.69) is 5.32 Å². The summed E-state index contributed by atoms with van der Waals surface area (Å²) in [5.74, 6) is -0.0598. The number of carbonyl (C=O) groups excluding carboxylic acids is 2. The van der Waals surface area contributed by atoms with Gasteiger partial charge in [0.2, 0.25) is 0 Å². The van der Waals surface area contributed by atoms with Gasteiger partial charge in [-0.15, -0.1) is 11.3 Å². The van der Waals surface area contributed by atoms with Crippen LogP contribution in [0, 0.1) is 0 Å². The average molecular weight is 355 g/mol. The van der Waals surface area contributed by atoms with Crippen LogP contribution >= 0.6 is 11.3 Å². The fourth-order valence-electron chi connectivity index (χ4n) is 2.46. The van der Waals surface area contributed by atoms with Crippen molar-refractivity contribution < 1.29 is 19.1 Å². The fourth-order valence-corrected chi connectivity index (χ4v) is 3.54. The monoisotopic (exact) mass is 355 g/mol. The number of carbonyl (C=O) groups is 2. The molecule has 0 unspecified atom stereocenters. The van der Waals surface area contributed by atoms with Crippen molar-refractivity contribution in [3.05, 3.63) is 59.7 Å². The molecule has 0 spiro atoms. The summed E-state index contributed by atoms with van der Waals surface area (Å²) >= 11 is 1.35. The molecule has 1 aromatic heterocycles. The third-order valence-electron chi connectivity index (χ3n) is 3.65. The molecule has 0 saturated heterocycles. The van der Waals surface area contributed by atoms with E-state index in [1.807, 2.05) is 24.3 Å². The molecular formula is C19H17NO4S. The summed E-state index contributed by atoms with van der Waals surface area (Å²) in [5, 5.41) is 4.09. The van der Waals surface area contributed by atoms with Gasteiger partial charge in [0.15, 0.2) is 0 Å². The number of anilines is 1. The number of methoxy groups -OCH3 is 1. The minimum atomic E-state index is -0.440. The Bertz CT molecular complexity index is 915. The van der Waals surface area contributed by atoms with E-state index in [9.17, 15) is 9.59 Å². The van der Waals surface area contributed by atoms with Crippen LogP contribution in [0.3, 0.4) is 0 Å². The summed E-state index contributed by atoms with van der Waals surface area (Å²) < 4.78 is 11.2. The maximum Gasteiger partial charge on any atom is 0.341 e. The summed E-state index contributed by atoms with van der Waals surface area (Å²) in [7, 11) is 1.57. The van der Waals surface area contributed by atoms with Crippen LogP contribution in [-0.4, -0.2) is 25.6 Å². The molecule has 1 amide bonds. The molecule has 1 N–H and O–H groups in total. The molecule has 0 radical (unpaired) electrons. The SMILES string of the molecule is CCOC(=O)c1c(NC(=O)c2ccc(OC)cc2)sc2ccccc12. The van der Waals surface area contributed by atoms with Gasteiger partial charge < -0.3 is 14.8 Å². The highest BCUT2D eigenvalue weighted by atomic mass is 32.1. The molecule has 5 nitrogen and oxygen atoms in total. The first kappa shape index (κ1) is 17.0. The van der Waals surface area contributed by atoms with Crippen molar-refractivity contribution in [3.63, 3.8) is 0 Å². The number of rotatable bonds is 5. The second-order valence-corrected chi connectivity index (χ2v) is 6.26. The lowest BCUT2D eigenvalue weighted by Crippen LogP contribution is -2.14. The van der Waals surface area contributed by atoms with Crippen LogP contribution in [0.25, 0.3) is 10.1 Å². The molecule has 0 aliphatic carbocycles. The van der Waals surface area contributed by atoms with Crippen molar-refractivity contribution in [2.24, 2.45) is 0 Å². The molecule has 0 aliphatic rings. The number of esters is 1. The first-order chi connectivity index (χ1) is 12.1. The number of hydrogen-bond donors (Lipinski definition) is 1. The second kappa shape index (κ2) is 7.36. The highest BCUT2D eigenvalue weighted by Crippen LogP contribution is 2.36. The number of thiophene rings is 1. The third kappa shape index (κ3) is 3.49. The Morgan fingerprint density at radius 2 is 1.80 bits per heavy atom. The fraction of sp³-hybridized carbons (Fsp3) is 0.158. The summed E-state index contributed by atoms with van der Waals surface area (Å²) in [6.45, 7) is 2.02. The maximum absolute atomic E-state index is 12.5. The van der Waals surface area contributed by atoms with E-state index in [1.54, 1.807) is 38.3 Å². The first-order valence-electron chi connectivity index (χ1n) is 7.78. The molecule has 25 heavy (non-hydrogen) atoms. The van der Waals surface area contributed by atoms with Crippen molar-refractivity contribution in [1.82, 2.24) is 0 Å². The zero-order valence-corrected chi connectivity index (χ0v) is 14.7. The molecule has 0 bridgehead atoms. The third-order valence-corrected chi connectivity index (χ3v) is 4.74. The zero-order chi connectivity index (χ0) is 17.8. The lowest BCUT2D eigenvalue weighted by molar-refractivity contribution is 0.0530. The minimum Gasteiger partial charge on any atom is -0.497 e. The standard InChI is InChI=1S/C19H17NO4S/c1-3-24-19(22)16-14-6-4-5-7-15(14)25-18(16)20-17(21)12-8-10-13(23-2)11-9-12/h4-11H,3H2,1-2H3,(H,20,21). The van der Waals surface area contributed by atoms with Crippen LogP contribution in [-0.2, 0) is 4.74 Å². The largest absolute Gasteiger partial charge is 0.497 e. The van der Waals surface area contributed by atoms with Gasteiger partial charge in [0.1, 0.15) is 16.3 Å². The molecule has 0 saturated carbocycles. The molecule has 6 heteroatoms. The van der Waals surface area contributed by atoms with E-state index in [-0.39, 0.29) is 12.5 Å². The van der Waals surface area contributed by atoms with Gasteiger partial charge in [0.25, 0.3) is 5.91 Å². The van der Waals surface area contributed by atoms with Crippen LogP contribution in [0.2, 0.25) is 0 Å². The number of hydrogen-bond acceptors (Lipinski definition) is 5. The lowest BCUT2D eigenvalue weighted by atomic mass is 10.1. The predicted octanol–water partition coefficient (Wildman–Crippen LogP) is 4.34. The number of fused-ring (bicyclic) bond motifs is 1. The van der Waals surface area contributed by atoms with Crippen LogP contribution in [0.5, 0.6) is 5.75 Å². The van der Waals surface area contributed by atoms with Crippen molar-refractivity contribution in [2.75, 3.05) is 19.0 Å². The number of nitrogens with one attached hydrogen (secondary N) is 1. The van der Waals surface area contributed by atoms with Gasteiger partial charge in [-0.25, -0.2) is 4.79 Å². The van der Waals surface area contributed by atoms with Crippen LogP contribution in [0.1, 0.15) is 27.6 Å². The first-order valence-corrected chi connectivity index (χ1v) is 8.59. The smallest absolute Gasteiger partial charge is 0.341 e. The van der Waals surface area contributed by atoms with Gasteiger partial charge in [-0.3, -0.25) is 4.79 Å². The van der Waals surface area contributed by atoms with E-state index < -0.39 is 5.97 Å². The molecule has 2 aromatic carbocycles. The molecule has 3 rings (SSSR count). The second-order valence-electron chi connectivity index (χ2n) is 5.21. The van der Waals surface area contributed by atoms with Crippen molar-refractivity contribution in [2.45, 2.75) is 6.92 Å². The Kier molecular flexibility index (Phi) is 5.00. The van der Waals surface area contributed by atoms with Gasteiger partial charge >= 0.3 is 5.97 Å². The molecule has 0 atom stereocenters. The van der Waals surface area contributed by atoms with Gasteiger partial charge in [-0.05, 0) is 37.3 Å². The Balaban J connectivity index is 1.95. The van der Waals surface area contributed by atoms with Gasteiger partial charge in [0.05, 0.1) is 13.7 Å². The van der Waals surface area contributed by atoms with E-state index in [0.717, 1.165) is 10.1 Å². The topological polar surface area (TPSA) is 64.6 Å². The Hall–Kier alpha value is -2.86. The molecule has 0 fully saturated rings. The highest BCUT2D eigenvalue weighted by molar-refractivity contribution is 7.23. The molecule has 1 heterocycles. The average Bonchev–Trinajstić information content (AvgIpc) is 2.99. The molecule has 3 aromatic rings. The number of amides is 1. The van der Waals surface area contributed by atoms with Gasteiger partial charge in [-0.1, -0.05) is 18.2 Å². The molecular weight excluding hydrogens is 338 g/mol. The Morgan fingerprint density at radius 1 is 1.08 bits per heavy atom. The lowest BCUT2D eigenvalue weighted by Gasteiger charge is -2.07. The molecule has 128 valence electrons. The normalized spacial score (nSPS) is 10.5. The Morgan fingerprint density at radius 3 is 2.48 bits per heavy atom. The van der Waals surface area contributed by atoms with E-state index in [1.165, 1.54) is 11.3 Å². The summed E-state index contributed by atoms with van der Waals surface area (Å²) in [6, 6.07) is 14.3. The summed E-state index contributed by atoms with van der Waals surface area (Å²) in [4.78, 5) is 24.9. The van der Waals surface area contributed by atoms with Gasteiger partial charge in [0, 0.05) is 15.6 Å². The van der Waals surface area contributed by atoms with Crippen molar-refractivity contribution >= 4 is 38.3 Å². The Labute approximate surface area is 149 Å². The number of benzene rings is 2. The van der Waals surface area contributed by atoms with E-state index in [0.29, 0.717) is 21.9 Å². The maximum atomic E-state index is 12.5. The number of ether oxygens (including phenoxy) is 2. The van der Waals surface area contributed by atoms with Crippen LogP contribution in [0.15, 0.2) is 48.5 Å². The van der Waals surface area contributed by atoms with Crippen molar-refractivity contribution in [3.8, 4) is 5.75 Å². The zero-order valence-electron chi connectivity index (χ0n) is 13.9. The van der Waals surface area contributed by atoms with Crippen molar-refractivity contribution in [1.29, 1.82) is 0 Å².